The molecule has 1 aliphatic carbocycles. The topological polar surface area (TPSA) is 12.0 Å². The maximum atomic E-state index is 12.6. The summed E-state index contributed by atoms with van der Waals surface area (Å²) < 4.78 is 25.2. The molecule has 4 heteroatoms. The van der Waals surface area contributed by atoms with Crippen molar-refractivity contribution in [3.8, 4) is 0 Å². The van der Waals surface area contributed by atoms with Gasteiger partial charge in [-0.05, 0) is 6.42 Å². The van der Waals surface area contributed by atoms with E-state index in [9.17, 15) is 8.78 Å². The lowest BCUT2D eigenvalue weighted by Gasteiger charge is -2.21. The van der Waals surface area contributed by atoms with Crippen molar-refractivity contribution in [3.05, 3.63) is 0 Å². The summed E-state index contributed by atoms with van der Waals surface area (Å²) in [7, 11) is 0. The second kappa shape index (κ2) is 2.31. The molecule has 0 amide bonds. The molecule has 2 unspecified atom stereocenters. The first kappa shape index (κ1) is 8.21. The quantitative estimate of drug-likeness (QED) is 0.579. The Kier molecular flexibility index (Phi) is 1.90. The summed E-state index contributed by atoms with van der Waals surface area (Å²) in [5, 5.41) is 3.03. The minimum absolute atomic E-state index is 0. The average molecular weight is 170 g/mol. The summed E-state index contributed by atoms with van der Waals surface area (Å²) in [6, 6.07) is 0.147. The van der Waals surface area contributed by atoms with Crippen LogP contribution in [0, 0.1) is 5.92 Å². The van der Waals surface area contributed by atoms with Crippen molar-refractivity contribution in [3.63, 3.8) is 0 Å². The molecule has 1 saturated carbocycles. The zero-order chi connectivity index (χ0) is 6.48. The van der Waals surface area contributed by atoms with Crippen LogP contribution in [0.1, 0.15) is 12.8 Å². The van der Waals surface area contributed by atoms with E-state index in [1.54, 1.807) is 0 Å². The highest BCUT2D eigenvalue weighted by Gasteiger charge is 2.56. The van der Waals surface area contributed by atoms with E-state index >= 15 is 0 Å². The molecule has 0 aromatic rings. The lowest BCUT2D eigenvalue weighted by atomic mass is 10.1. The van der Waals surface area contributed by atoms with Gasteiger partial charge in [-0.15, -0.1) is 12.4 Å². The van der Waals surface area contributed by atoms with Crippen molar-refractivity contribution in [1.29, 1.82) is 0 Å². The summed E-state index contributed by atoms with van der Waals surface area (Å²) in [6.45, 7) is 0.494. The molecule has 2 fully saturated rings. The van der Waals surface area contributed by atoms with Crippen molar-refractivity contribution in [2.75, 3.05) is 6.54 Å². The van der Waals surface area contributed by atoms with Crippen LogP contribution in [0.2, 0.25) is 0 Å². The molecule has 1 N–H and O–H groups in total. The Morgan fingerprint density at radius 3 is 2.60 bits per heavy atom. The first-order valence-corrected chi connectivity index (χ1v) is 3.31. The fraction of sp³-hybridized carbons (Fsp3) is 1.00. The van der Waals surface area contributed by atoms with Crippen LogP contribution in [-0.2, 0) is 0 Å². The molecule has 1 saturated heterocycles. The Bertz CT molecular complexity index is 140. The number of hydrogen-bond donors (Lipinski definition) is 1. The first-order chi connectivity index (χ1) is 4.20. The number of hydrogen-bond acceptors (Lipinski definition) is 1. The summed E-state index contributed by atoms with van der Waals surface area (Å²) in [5.41, 5.74) is 0. The maximum absolute atomic E-state index is 12.6. The van der Waals surface area contributed by atoms with E-state index in [1.807, 2.05) is 0 Å². The molecular weight excluding hydrogens is 160 g/mol. The van der Waals surface area contributed by atoms with E-state index < -0.39 is 5.92 Å². The van der Waals surface area contributed by atoms with Crippen molar-refractivity contribution >= 4 is 12.4 Å². The predicted octanol–water partition coefficient (Wildman–Crippen LogP) is 1.43. The third-order valence-electron chi connectivity index (χ3n) is 2.20. The Labute approximate surface area is 64.6 Å². The minimum atomic E-state index is -2.35. The van der Waals surface area contributed by atoms with Gasteiger partial charge in [-0.3, -0.25) is 0 Å². The van der Waals surface area contributed by atoms with E-state index in [2.05, 4.69) is 5.32 Å². The van der Waals surface area contributed by atoms with Gasteiger partial charge in [0.1, 0.15) is 0 Å². The standard InChI is InChI=1S/C6H9F2N.ClH/c7-6(8)1-2-9-5-3-4(5)6;/h4-5,9H,1-3H2;1H. The third-order valence-corrected chi connectivity index (χ3v) is 2.20. The minimum Gasteiger partial charge on any atom is -0.313 e. The Hall–Kier alpha value is 0.110. The van der Waals surface area contributed by atoms with Gasteiger partial charge >= 0.3 is 0 Å². The highest BCUT2D eigenvalue weighted by Crippen LogP contribution is 2.47. The number of alkyl halides is 2. The largest absolute Gasteiger partial charge is 0.313 e. The van der Waals surface area contributed by atoms with Crippen LogP contribution in [0.3, 0.4) is 0 Å². The monoisotopic (exact) mass is 169 g/mol. The number of fused-ring (bicyclic) bond motifs is 1. The van der Waals surface area contributed by atoms with Crippen molar-refractivity contribution in [2.24, 2.45) is 5.92 Å². The fourth-order valence-electron chi connectivity index (χ4n) is 1.50. The second-order valence-electron chi connectivity index (χ2n) is 2.91. The first-order valence-electron chi connectivity index (χ1n) is 3.31. The van der Waals surface area contributed by atoms with Crippen molar-refractivity contribution in [1.82, 2.24) is 5.32 Å². The molecule has 10 heavy (non-hydrogen) atoms. The number of rotatable bonds is 0. The van der Waals surface area contributed by atoms with Crippen LogP contribution in [0.4, 0.5) is 8.78 Å². The molecular formula is C6H10ClF2N. The molecule has 0 bridgehead atoms. The predicted molar refractivity (Wildman–Crippen MR) is 36.7 cm³/mol. The molecule has 0 spiro atoms. The Morgan fingerprint density at radius 2 is 2.10 bits per heavy atom. The maximum Gasteiger partial charge on any atom is 0.253 e. The number of piperidine rings is 1. The summed E-state index contributed by atoms with van der Waals surface area (Å²) in [5.74, 6) is -2.68. The van der Waals surface area contributed by atoms with E-state index in [0.29, 0.717) is 13.0 Å². The Morgan fingerprint density at radius 1 is 1.40 bits per heavy atom. The molecule has 2 aliphatic rings. The third kappa shape index (κ3) is 1.12. The second-order valence-corrected chi connectivity index (χ2v) is 2.91. The van der Waals surface area contributed by atoms with Gasteiger partial charge in [-0.25, -0.2) is 8.78 Å². The number of nitrogens with one attached hydrogen (secondary N) is 1. The fourth-order valence-corrected chi connectivity index (χ4v) is 1.50. The normalized spacial score (nSPS) is 41.4. The molecule has 2 atom stereocenters. The van der Waals surface area contributed by atoms with Gasteiger partial charge in [-0.2, -0.15) is 0 Å². The van der Waals surface area contributed by atoms with Gasteiger partial charge in [0.2, 0.25) is 0 Å². The van der Waals surface area contributed by atoms with Gasteiger partial charge in [0.05, 0.1) is 0 Å². The van der Waals surface area contributed by atoms with Crippen molar-refractivity contribution < 1.29 is 8.78 Å². The molecule has 0 radical (unpaired) electrons. The summed E-state index contributed by atoms with van der Waals surface area (Å²) in [6.07, 6.45) is 0.723. The van der Waals surface area contributed by atoms with Crippen LogP contribution < -0.4 is 5.32 Å². The lowest BCUT2D eigenvalue weighted by molar-refractivity contribution is -0.0427. The van der Waals surface area contributed by atoms with Gasteiger partial charge in [-0.1, -0.05) is 0 Å². The molecule has 1 aliphatic heterocycles. The molecule has 1 heterocycles. The van der Waals surface area contributed by atoms with E-state index in [4.69, 9.17) is 0 Å². The molecule has 1 nitrogen and oxygen atoms in total. The molecule has 0 aromatic heterocycles. The van der Waals surface area contributed by atoms with Crippen LogP contribution in [0.25, 0.3) is 0 Å². The van der Waals surface area contributed by atoms with Crippen LogP contribution in [-0.4, -0.2) is 18.5 Å². The lowest BCUT2D eigenvalue weighted by Crippen LogP contribution is -2.36. The molecule has 2 rings (SSSR count). The highest BCUT2D eigenvalue weighted by atomic mass is 35.5. The summed E-state index contributed by atoms with van der Waals surface area (Å²) in [4.78, 5) is 0. The SMILES string of the molecule is Cl.FC1(F)CCNC2CC21. The Balaban J connectivity index is 0.000000500. The molecule has 60 valence electrons. The van der Waals surface area contributed by atoms with E-state index in [-0.39, 0.29) is 30.8 Å². The van der Waals surface area contributed by atoms with Crippen LogP contribution in [0.5, 0.6) is 0 Å². The van der Waals surface area contributed by atoms with Gasteiger partial charge in [0.25, 0.3) is 5.92 Å². The van der Waals surface area contributed by atoms with Crippen molar-refractivity contribution in [2.45, 2.75) is 24.8 Å². The zero-order valence-electron chi connectivity index (χ0n) is 5.44. The van der Waals surface area contributed by atoms with Crippen LogP contribution in [0.15, 0.2) is 0 Å². The highest BCUT2D eigenvalue weighted by molar-refractivity contribution is 5.85. The van der Waals surface area contributed by atoms with Gasteiger partial charge in [0.15, 0.2) is 0 Å². The number of halogens is 3. The van der Waals surface area contributed by atoms with E-state index in [0.717, 1.165) is 0 Å². The van der Waals surface area contributed by atoms with E-state index in [1.165, 1.54) is 0 Å². The smallest absolute Gasteiger partial charge is 0.253 e. The average Bonchev–Trinajstić information content (AvgIpc) is 2.43. The molecule has 0 aromatic carbocycles. The van der Waals surface area contributed by atoms with Gasteiger partial charge in [0, 0.05) is 24.9 Å². The van der Waals surface area contributed by atoms with Crippen LogP contribution >= 0.6 is 12.4 Å². The van der Waals surface area contributed by atoms with Gasteiger partial charge < -0.3 is 5.32 Å². The summed E-state index contributed by atoms with van der Waals surface area (Å²) >= 11 is 0. The zero-order valence-corrected chi connectivity index (χ0v) is 6.26.